The van der Waals surface area contributed by atoms with Gasteiger partial charge in [0.05, 0.1) is 18.2 Å². The molecule has 2 N–H and O–H groups in total. The number of hydrogen-bond acceptors (Lipinski definition) is 3. The molecule has 0 aliphatic rings. The first-order valence-corrected chi connectivity index (χ1v) is 9.78. The molecule has 0 fully saturated rings. The van der Waals surface area contributed by atoms with Gasteiger partial charge in [-0.25, -0.2) is 0 Å². The number of thiophene rings is 1. The van der Waals surface area contributed by atoms with E-state index < -0.39 is 0 Å². The minimum atomic E-state index is -0.230. The fraction of sp³-hybridized carbons (Fsp3) is 0.333. The van der Waals surface area contributed by atoms with Gasteiger partial charge in [0, 0.05) is 8.45 Å². The van der Waals surface area contributed by atoms with Crippen LogP contribution in [0.2, 0.25) is 0 Å². The summed E-state index contributed by atoms with van der Waals surface area (Å²) in [4.78, 5) is 25.5. The topological polar surface area (TPSA) is 58.2 Å². The van der Waals surface area contributed by atoms with Gasteiger partial charge in [-0.05, 0) is 58.5 Å². The predicted molar refractivity (Wildman–Crippen MR) is 106 cm³/mol. The van der Waals surface area contributed by atoms with E-state index in [9.17, 15) is 9.59 Å². The smallest absolute Gasteiger partial charge is 0.252 e. The number of halogens is 1. The maximum Gasteiger partial charge on any atom is 0.252 e. The molecule has 0 radical (unpaired) electrons. The van der Waals surface area contributed by atoms with E-state index in [2.05, 4.69) is 47.1 Å². The Kier molecular flexibility index (Phi) is 7.23. The zero-order valence-electron chi connectivity index (χ0n) is 13.7. The lowest BCUT2D eigenvalue weighted by Crippen LogP contribution is -2.39. The molecular formula is C18H21IN2O2S. The summed E-state index contributed by atoms with van der Waals surface area (Å²) < 4.78 is 0.865. The monoisotopic (exact) mass is 456 g/mol. The van der Waals surface area contributed by atoms with Crippen LogP contribution in [-0.4, -0.2) is 18.4 Å². The second-order valence-electron chi connectivity index (χ2n) is 5.93. The fourth-order valence-corrected chi connectivity index (χ4v) is 3.78. The van der Waals surface area contributed by atoms with Crippen LogP contribution < -0.4 is 10.6 Å². The van der Waals surface area contributed by atoms with Crippen LogP contribution in [0.25, 0.3) is 0 Å². The van der Waals surface area contributed by atoms with Crippen molar-refractivity contribution in [2.45, 2.75) is 26.3 Å². The summed E-state index contributed by atoms with van der Waals surface area (Å²) in [7, 11) is 0. The number of carbonyl (C=O) groups is 2. The van der Waals surface area contributed by atoms with E-state index in [-0.39, 0.29) is 24.4 Å². The van der Waals surface area contributed by atoms with Gasteiger partial charge in [-0.1, -0.05) is 32.0 Å². The summed E-state index contributed by atoms with van der Waals surface area (Å²) >= 11 is 3.75. The molecule has 0 spiro atoms. The molecule has 2 aromatic rings. The van der Waals surface area contributed by atoms with Gasteiger partial charge in [-0.3, -0.25) is 9.59 Å². The van der Waals surface area contributed by atoms with Crippen LogP contribution in [0.5, 0.6) is 0 Å². The molecule has 1 unspecified atom stereocenters. The molecule has 2 rings (SSSR count). The van der Waals surface area contributed by atoms with E-state index in [4.69, 9.17) is 0 Å². The highest BCUT2D eigenvalue weighted by molar-refractivity contribution is 14.1. The lowest BCUT2D eigenvalue weighted by atomic mass is 10.0. The molecule has 0 aliphatic heterocycles. The highest BCUT2D eigenvalue weighted by atomic mass is 127. The van der Waals surface area contributed by atoms with E-state index >= 15 is 0 Å². The van der Waals surface area contributed by atoms with E-state index in [1.165, 1.54) is 0 Å². The quantitative estimate of drug-likeness (QED) is 0.620. The summed E-state index contributed by atoms with van der Waals surface area (Å²) in [5.41, 5.74) is 0.586. The van der Waals surface area contributed by atoms with Crippen molar-refractivity contribution in [2.24, 2.45) is 5.92 Å². The maximum absolute atomic E-state index is 12.2. The van der Waals surface area contributed by atoms with Gasteiger partial charge in [0.1, 0.15) is 0 Å². The Balaban J connectivity index is 1.91. The van der Waals surface area contributed by atoms with Gasteiger partial charge in [0.2, 0.25) is 5.91 Å². The van der Waals surface area contributed by atoms with Crippen LogP contribution in [0.15, 0.2) is 41.8 Å². The number of carbonyl (C=O) groups excluding carboxylic acids is 2. The molecule has 24 heavy (non-hydrogen) atoms. The van der Waals surface area contributed by atoms with E-state index in [0.29, 0.717) is 11.5 Å². The molecule has 1 aromatic carbocycles. The van der Waals surface area contributed by atoms with Crippen LogP contribution in [-0.2, 0) is 4.79 Å². The van der Waals surface area contributed by atoms with Crippen LogP contribution in [0.1, 0.15) is 41.5 Å². The molecule has 0 saturated carbocycles. The van der Waals surface area contributed by atoms with Crippen molar-refractivity contribution in [3.8, 4) is 0 Å². The molecule has 1 aromatic heterocycles. The largest absolute Gasteiger partial charge is 0.347 e. The molecular weight excluding hydrogens is 435 g/mol. The Morgan fingerprint density at radius 3 is 2.54 bits per heavy atom. The van der Waals surface area contributed by atoms with Crippen LogP contribution >= 0.6 is 33.9 Å². The van der Waals surface area contributed by atoms with Crippen molar-refractivity contribution in [1.29, 1.82) is 0 Å². The van der Waals surface area contributed by atoms with Crippen LogP contribution in [0.4, 0.5) is 0 Å². The maximum atomic E-state index is 12.2. The number of benzene rings is 1. The molecule has 0 aliphatic carbocycles. The third-order valence-electron chi connectivity index (χ3n) is 3.46. The predicted octanol–water partition coefficient (Wildman–Crippen LogP) is 3.99. The molecule has 4 nitrogen and oxygen atoms in total. The minimum absolute atomic E-state index is 0.00809. The van der Waals surface area contributed by atoms with E-state index in [0.717, 1.165) is 14.9 Å². The Bertz CT molecular complexity index is 686. The molecule has 1 atom stereocenters. The number of nitrogens with one attached hydrogen (secondary N) is 2. The summed E-state index contributed by atoms with van der Waals surface area (Å²) in [5.74, 6) is 0.0675. The van der Waals surface area contributed by atoms with Crippen molar-refractivity contribution >= 4 is 45.7 Å². The van der Waals surface area contributed by atoms with Gasteiger partial charge >= 0.3 is 0 Å². The SMILES string of the molecule is CC(C)CC(NC(=O)CNC(=O)c1ccccc1I)c1cccs1. The van der Waals surface area contributed by atoms with Crippen molar-refractivity contribution in [2.75, 3.05) is 6.54 Å². The molecule has 1 heterocycles. The number of hydrogen-bond donors (Lipinski definition) is 2. The molecule has 6 heteroatoms. The minimum Gasteiger partial charge on any atom is -0.347 e. The first kappa shape index (κ1) is 18.9. The normalized spacial score (nSPS) is 12.0. The standard InChI is InChI=1S/C18H21IN2O2S/c1-12(2)10-15(16-8-5-9-24-16)21-17(22)11-20-18(23)13-6-3-4-7-14(13)19/h3-9,12,15H,10-11H2,1-2H3,(H,20,23)(H,21,22). The van der Waals surface area contributed by atoms with E-state index in [1.54, 1.807) is 17.4 Å². The molecule has 2 amide bonds. The number of amides is 2. The first-order valence-electron chi connectivity index (χ1n) is 7.83. The second-order valence-corrected chi connectivity index (χ2v) is 8.07. The summed E-state index contributed by atoms with van der Waals surface area (Å²) in [6.07, 6.45) is 0.872. The summed E-state index contributed by atoms with van der Waals surface area (Å²) in [5, 5.41) is 7.73. The van der Waals surface area contributed by atoms with Crippen molar-refractivity contribution in [1.82, 2.24) is 10.6 Å². The van der Waals surface area contributed by atoms with Gasteiger partial charge in [-0.15, -0.1) is 11.3 Å². The van der Waals surface area contributed by atoms with Gasteiger partial charge in [0.25, 0.3) is 5.91 Å². The molecule has 128 valence electrons. The lowest BCUT2D eigenvalue weighted by Gasteiger charge is -2.19. The highest BCUT2D eigenvalue weighted by Crippen LogP contribution is 2.25. The zero-order chi connectivity index (χ0) is 17.5. The van der Waals surface area contributed by atoms with Gasteiger partial charge in [0.15, 0.2) is 0 Å². The van der Waals surface area contributed by atoms with Crippen molar-refractivity contribution in [3.05, 3.63) is 55.8 Å². The Morgan fingerprint density at radius 2 is 1.92 bits per heavy atom. The number of rotatable bonds is 7. The summed E-state index contributed by atoms with van der Waals surface area (Å²) in [6, 6.07) is 11.3. The van der Waals surface area contributed by atoms with Crippen LogP contribution in [0, 0.1) is 9.49 Å². The summed E-state index contributed by atoms with van der Waals surface area (Å²) in [6.45, 7) is 4.24. The Labute approximate surface area is 160 Å². The third-order valence-corrected chi connectivity index (χ3v) is 5.38. The Hall–Kier alpha value is -1.41. The highest BCUT2D eigenvalue weighted by Gasteiger charge is 2.18. The zero-order valence-corrected chi connectivity index (χ0v) is 16.7. The average molecular weight is 456 g/mol. The van der Waals surface area contributed by atoms with E-state index in [1.807, 2.05) is 35.7 Å². The second kappa shape index (κ2) is 9.17. The Morgan fingerprint density at radius 1 is 1.17 bits per heavy atom. The third kappa shape index (κ3) is 5.59. The fourth-order valence-electron chi connectivity index (χ4n) is 2.35. The van der Waals surface area contributed by atoms with Crippen molar-refractivity contribution in [3.63, 3.8) is 0 Å². The first-order chi connectivity index (χ1) is 11.5. The average Bonchev–Trinajstić information content (AvgIpc) is 3.06. The molecule has 0 saturated heterocycles. The van der Waals surface area contributed by atoms with Crippen molar-refractivity contribution < 1.29 is 9.59 Å². The van der Waals surface area contributed by atoms with Gasteiger partial charge < -0.3 is 10.6 Å². The van der Waals surface area contributed by atoms with Crippen LogP contribution in [0.3, 0.4) is 0 Å². The lowest BCUT2D eigenvalue weighted by molar-refractivity contribution is -0.120. The molecule has 0 bridgehead atoms. The van der Waals surface area contributed by atoms with Gasteiger partial charge in [-0.2, -0.15) is 0 Å².